The smallest absolute Gasteiger partial charge is 0.132 e. The fourth-order valence-corrected chi connectivity index (χ4v) is 0.907. The van der Waals surface area contributed by atoms with Gasteiger partial charge in [-0.1, -0.05) is 6.08 Å². The maximum absolute atomic E-state index is 9.37. The molecule has 1 unspecified atom stereocenters. The van der Waals surface area contributed by atoms with Gasteiger partial charge in [0.15, 0.2) is 0 Å². The molecule has 0 aliphatic rings. The molecule has 1 aromatic rings. The zero-order valence-corrected chi connectivity index (χ0v) is 6.58. The highest BCUT2D eigenvalue weighted by Gasteiger charge is 2.08. The Labute approximate surface area is 66.2 Å². The summed E-state index contributed by atoms with van der Waals surface area (Å²) in [6.07, 6.45) is 1.66. The van der Waals surface area contributed by atoms with Crippen LogP contribution in [0.2, 0.25) is 0 Å². The summed E-state index contributed by atoms with van der Waals surface area (Å²) in [7, 11) is 0. The van der Waals surface area contributed by atoms with Crippen molar-refractivity contribution in [2.45, 2.75) is 19.4 Å². The molecule has 0 fully saturated rings. The Morgan fingerprint density at radius 2 is 2.45 bits per heavy atom. The van der Waals surface area contributed by atoms with E-state index in [1.165, 1.54) is 0 Å². The number of aliphatic hydroxyl groups excluding tert-OH is 1. The minimum absolute atomic E-state index is 0.535. The van der Waals surface area contributed by atoms with Crippen LogP contribution in [0.5, 0.6) is 0 Å². The maximum Gasteiger partial charge on any atom is 0.132 e. The van der Waals surface area contributed by atoms with Gasteiger partial charge < -0.3 is 9.52 Å². The molecule has 0 saturated heterocycles. The number of aliphatic hydroxyl groups is 1. The number of hydrogen-bond acceptors (Lipinski definition) is 2. The lowest BCUT2D eigenvalue weighted by molar-refractivity contribution is 0.151. The van der Waals surface area contributed by atoms with Gasteiger partial charge in [-0.15, -0.1) is 6.58 Å². The van der Waals surface area contributed by atoms with Gasteiger partial charge in [0, 0.05) is 0 Å². The third-order valence-electron chi connectivity index (χ3n) is 1.48. The van der Waals surface area contributed by atoms with Crippen molar-refractivity contribution < 1.29 is 9.52 Å². The average Bonchev–Trinajstić information content (AvgIpc) is 2.36. The Morgan fingerprint density at radius 1 is 1.73 bits per heavy atom. The normalized spacial score (nSPS) is 12.9. The summed E-state index contributed by atoms with van der Waals surface area (Å²) in [5.41, 5.74) is 0. The van der Waals surface area contributed by atoms with Crippen LogP contribution in [0.4, 0.5) is 0 Å². The SMILES string of the molecule is C=CCC(O)c1ccc(C)o1. The molecular formula is C9H12O2. The summed E-state index contributed by atoms with van der Waals surface area (Å²) in [6.45, 7) is 5.38. The fourth-order valence-electron chi connectivity index (χ4n) is 0.907. The van der Waals surface area contributed by atoms with Gasteiger partial charge in [0.1, 0.15) is 17.6 Å². The van der Waals surface area contributed by atoms with Crippen LogP contribution in [-0.2, 0) is 0 Å². The van der Waals surface area contributed by atoms with Crippen LogP contribution in [0.15, 0.2) is 29.2 Å². The minimum Gasteiger partial charge on any atom is -0.464 e. The molecule has 1 atom stereocenters. The van der Waals surface area contributed by atoms with Gasteiger partial charge in [0.25, 0.3) is 0 Å². The fraction of sp³-hybridized carbons (Fsp3) is 0.333. The lowest BCUT2D eigenvalue weighted by atomic mass is 10.2. The zero-order valence-electron chi connectivity index (χ0n) is 6.58. The molecule has 1 N–H and O–H groups in total. The molecule has 1 aromatic heterocycles. The Kier molecular flexibility index (Phi) is 2.49. The van der Waals surface area contributed by atoms with E-state index in [1.807, 2.05) is 13.0 Å². The summed E-state index contributed by atoms with van der Waals surface area (Å²) in [4.78, 5) is 0. The highest BCUT2D eigenvalue weighted by Crippen LogP contribution is 2.18. The first-order valence-corrected chi connectivity index (χ1v) is 3.59. The molecule has 0 aliphatic heterocycles. The summed E-state index contributed by atoms with van der Waals surface area (Å²) < 4.78 is 5.20. The number of furan rings is 1. The lowest BCUT2D eigenvalue weighted by Crippen LogP contribution is -1.92. The van der Waals surface area contributed by atoms with Crippen LogP contribution < -0.4 is 0 Å². The highest BCUT2D eigenvalue weighted by atomic mass is 16.4. The molecule has 60 valence electrons. The molecule has 0 spiro atoms. The molecule has 2 heteroatoms. The van der Waals surface area contributed by atoms with E-state index in [1.54, 1.807) is 12.1 Å². The predicted octanol–water partition coefficient (Wildman–Crippen LogP) is 2.20. The van der Waals surface area contributed by atoms with Crippen molar-refractivity contribution in [3.63, 3.8) is 0 Å². The van der Waals surface area contributed by atoms with Crippen molar-refractivity contribution >= 4 is 0 Å². The average molecular weight is 152 g/mol. The first-order valence-electron chi connectivity index (χ1n) is 3.59. The van der Waals surface area contributed by atoms with Crippen molar-refractivity contribution in [2.24, 2.45) is 0 Å². The van der Waals surface area contributed by atoms with E-state index in [0.29, 0.717) is 12.2 Å². The van der Waals surface area contributed by atoms with Crippen LogP contribution in [0.3, 0.4) is 0 Å². The van der Waals surface area contributed by atoms with E-state index in [-0.39, 0.29) is 0 Å². The van der Waals surface area contributed by atoms with E-state index < -0.39 is 6.10 Å². The van der Waals surface area contributed by atoms with Crippen molar-refractivity contribution in [1.29, 1.82) is 0 Å². The van der Waals surface area contributed by atoms with Crippen molar-refractivity contribution in [3.8, 4) is 0 Å². The molecule has 0 saturated carbocycles. The molecule has 2 nitrogen and oxygen atoms in total. The second-order valence-electron chi connectivity index (χ2n) is 2.49. The van der Waals surface area contributed by atoms with E-state index in [0.717, 1.165) is 5.76 Å². The van der Waals surface area contributed by atoms with E-state index >= 15 is 0 Å². The van der Waals surface area contributed by atoms with Gasteiger partial charge in [0.05, 0.1) is 0 Å². The molecule has 0 amide bonds. The summed E-state index contributed by atoms with van der Waals surface area (Å²) >= 11 is 0. The van der Waals surface area contributed by atoms with Crippen molar-refractivity contribution in [1.82, 2.24) is 0 Å². The third-order valence-corrected chi connectivity index (χ3v) is 1.48. The van der Waals surface area contributed by atoms with E-state index in [4.69, 9.17) is 4.42 Å². The van der Waals surface area contributed by atoms with Crippen LogP contribution >= 0.6 is 0 Å². The van der Waals surface area contributed by atoms with Crippen LogP contribution in [0.25, 0.3) is 0 Å². The number of rotatable bonds is 3. The predicted molar refractivity (Wildman–Crippen MR) is 43.2 cm³/mol. The minimum atomic E-state index is -0.541. The van der Waals surface area contributed by atoms with Gasteiger partial charge in [0.2, 0.25) is 0 Å². The molecule has 0 aromatic carbocycles. The van der Waals surface area contributed by atoms with Gasteiger partial charge in [-0.05, 0) is 25.5 Å². The monoisotopic (exact) mass is 152 g/mol. The first kappa shape index (κ1) is 8.08. The number of aryl methyl sites for hydroxylation is 1. The molecule has 0 aliphatic carbocycles. The van der Waals surface area contributed by atoms with E-state index in [2.05, 4.69) is 6.58 Å². The molecule has 0 bridgehead atoms. The Hall–Kier alpha value is -1.02. The van der Waals surface area contributed by atoms with Gasteiger partial charge >= 0.3 is 0 Å². The topological polar surface area (TPSA) is 33.4 Å². The van der Waals surface area contributed by atoms with Crippen LogP contribution in [0.1, 0.15) is 24.0 Å². The van der Waals surface area contributed by atoms with Crippen molar-refractivity contribution in [2.75, 3.05) is 0 Å². The lowest BCUT2D eigenvalue weighted by Gasteiger charge is -2.02. The quantitative estimate of drug-likeness (QED) is 0.673. The largest absolute Gasteiger partial charge is 0.464 e. The van der Waals surface area contributed by atoms with E-state index in [9.17, 15) is 5.11 Å². The molecular weight excluding hydrogens is 140 g/mol. The standard InChI is InChI=1S/C9H12O2/c1-3-4-8(10)9-6-5-7(2)11-9/h3,5-6,8,10H,1,4H2,2H3. The molecule has 1 rings (SSSR count). The van der Waals surface area contributed by atoms with Crippen LogP contribution in [0, 0.1) is 6.92 Å². The van der Waals surface area contributed by atoms with Crippen molar-refractivity contribution in [3.05, 3.63) is 36.3 Å². The zero-order chi connectivity index (χ0) is 8.27. The molecule has 1 heterocycles. The summed E-state index contributed by atoms with van der Waals surface area (Å²) in [6, 6.07) is 3.62. The maximum atomic E-state index is 9.37. The van der Waals surface area contributed by atoms with Gasteiger partial charge in [-0.25, -0.2) is 0 Å². The van der Waals surface area contributed by atoms with Gasteiger partial charge in [-0.3, -0.25) is 0 Å². The number of hydrogen-bond donors (Lipinski definition) is 1. The van der Waals surface area contributed by atoms with Crippen LogP contribution in [-0.4, -0.2) is 5.11 Å². The second kappa shape index (κ2) is 3.39. The van der Waals surface area contributed by atoms with Gasteiger partial charge in [-0.2, -0.15) is 0 Å². The Bertz CT molecular complexity index is 237. The summed E-state index contributed by atoms with van der Waals surface area (Å²) in [5.74, 6) is 1.44. The molecule has 11 heavy (non-hydrogen) atoms. The molecule has 0 radical (unpaired) electrons. The Morgan fingerprint density at radius 3 is 2.91 bits per heavy atom. The second-order valence-corrected chi connectivity index (χ2v) is 2.49. The highest BCUT2D eigenvalue weighted by molar-refractivity contribution is 5.08. The third kappa shape index (κ3) is 1.95. The summed E-state index contributed by atoms with van der Waals surface area (Å²) in [5, 5.41) is 9.37. The Balaban J connectivity index is 2.67. The first-order chi connectivity index (χ1) is 5.24.